The van der Waals surface area contributed by atoms with Gasteiger partial charge >= 0.3 is 0 Å². The molecule has 5 heterocycles. The molecule has 0 amide bonds. The Balaban J connectivity index is 1.12. The van der Waals surface area contributed by atoms with Crippen LogP contribution in [-0.4, -0.2) is 24.5 Å². The van der Waals surface area contributed by atoms with E-state index in [4.69, 9.17) is 24.4 Å². The fourth-order valence-corrected chi connectivity index (χ4v) is 9.30. The number of rotatable bonds is 5. The van der Waals surface area contributed by atoms with E-state index in [0.717, 1.165) is 97.9 Å². The minimum Gasteiger partial charge on any atom is -0.452 e. The first kappa shape index (κ1) is 31.8. The van der Waals surface area contributed by atoms with Crippen LogP contribution >= 0.6 is 11.3 Å². The van der Waals surface area contributed by atoms with Gasteiger partial charge in [0.2, 0.25) is 0 Å². The van der Waals surface area contributed by atoms with Gasteiger partial charge in [-0.1, -0.05) is 140 Å². The Hall–Kier alpha value is -7.48. The lowest BCUT2D eigenvalue weighted by Gasteiger charge is -2.09. The number of thiophene rings is 1. The van der Waals surface area contributed by atoms with Gasteiger partial charge in [0, 0.05) is 60.3 Å². The monoisotopic (exact) mass is 747 g/mol. The van der Waals surface area contributed by atoms with Gasteiger partial charge in [-0.3, -0.25) is 0 Å². The lowest BCUT2D eigenvalue weighted by atomic mass is 10.1. The highest BCUT2D eigenvalue weighted by atomic mass is 32.1. The van der Waals surface area contributed by atoms with Crippen molar-refractivity contribution < 1.29 is 4.42 Å². The topological polar surface area (TPSA) is 69.6 Å². The molecule has 0 fully saturated rings. The molecule has 266 valence electrons. The standard InChI is InChI=1S/C50H29N5OS/c1-5-15-30(16-6-1)43-47-45(53-49(51-43)32-19-9-3-10-20-32)37-28-36-35-23-13-14-24-39(35)55(40(36)29-41(37)56-47)34-25-26-42-38(27-34)46-48(57-42)44(31-17-7-2-8-18-31)52-50(54-46)33-21-11-4-12-22-33/h1-29H. The molecule has 0 saturated heterocycles. The number of furan rings is 1. The molecule has 0 radical (unpaired) electrons. The summed E-state index contributed by atoms with van der Waals surface area (Å²) in [5.41, 5.74) is 12.1. The van der Waals surface area contributed by atoms with Crippen molar-refractivity contribution in [2.75, 3.05) is 0 Å². The molecule has 0 bridgehead atoms. The summed E-state index contributed by atoms with van der Waals surface area (Å²) >= 11 is 1.74. The molecule has 57 heavy (non-hydrogen) atoms. The predicted molar refractivity (Wildman–Crippen MR) is 234 cm³/mol. The third-order valence-electron chi connectivity index (χ3n) is 10.8. The van der Waals surface area contributed by atoms with Crippen molar-refractivity contribution in [3.05, 3.63) is 176 Å². The maximum absolute atomic E-state index is 6.80. The normalized spacial score (nSPS) is 11.9. The molecule has 0 aliphatic carbocycles. The zero-order chi connectivity index (χ0) is 37.5. The summed E-state index contributed by atoms with van der Waals surface area (Å²) in [6.45, 7) is 0. The van der Waals surface area contributed by atoms with Gasteiger partial charge in [0.25, 0.3) is 0 Å². The van der Waals surface area contributed by atoms with Gasteiger partial charge in [0.15, 0.2) is 17.2 Å². The van der Waals surface area contributed by atoms with Crippen molar-refractivity contribution in [3.63, 3.8) is 0 Å². The molecule has 12 aromatic rings. The van der Waals surface area contributed by atoms with Crippen molar-refractivity contribution in [1.29, 1.82) is 0 Å². The fraction of sp³-hybridized carbons (Fsp3) is 0. The zero-order valence-electron chi connectivity index (χ0n) is 30.3. The van der Waals surface area contributed by atoms with E-state index in [1.807, 2.05) is 60.7 Å². The highest BCUT2D eigenvalue weighted by Gasteiger charge is 2.22. The summed E-state index contributed by atoms with van der Waals surface area (Å²) in [4.78, 5) is 20.7. The minimum absolute atomic E-state index is 0.665. The van der Waals surface area contributed by atoms with E-state index in [1.165, 1.54) is 0 Å². The van der Waals surface area contributed by atoms with E-state index in [9.17, 15) is 0 Å². The third-order valence-corrected chi connectivity index (χ3v) is 12.0. The summed E-state index contributed by atoms with van der Waals surface area (Å²) in [5, 5.41) is 4.32. The smallest absolute Gasteiger partial charge is 0.180 e. The summed E-state index contributed by atoms with van der Waals surface area (Å²) in [6.07, 6.45) is 0. The molecule has 0 spiro atoms. The van der Waals surface area contributed by atoms with E-state index in [0.29, 0.717) is 17.2 Å². The SMILES string of the molecule is c1ccc(-c2nc(-c3ccccc3)c3oc4cc5c(cc4c3n2)c2ccccc2n5-c2ccc3sc4c(-c5ccccc5)nc(-c5ccccc5)nc4c3c2)cc1. The van der Waals surface area contributed by atoms with E-state index >= 15 is 0 Å². The Bertz CT molecular complexity index is 3500. The molecule has 6 nitrogen and oxygen atoms in total. The summed E-state index contributed by atoms with van der Waals surface area (Å²) in [5.74, 6) is 1.38. The number of para-hydroxylation sites is 1. The number of fused-ring (bicyclic) bond motifs is 9. The van der Waals surface area contributed by atoms with E-state index < -0.39 is 0 Å². The van der Waals surface area contributed by atoms with Gasteiger partial charge in [-0.15, -0.1) is 11.3 Å². The Labute approximate surface area is 330 Å². The molecular weight excluding hydrogens is 719 g/mol. The second-order valence-corrected chi connectivity index (χ2v) is 15.3. The van der Waals surface area contributed by atoms with Gasteiger partial charge in [-0.25, -0.2) is 19.9 Å². The summed E-state index contributed by atoms with van der Waals surface area (Å²) < 4.78 is 11.4. The van der Waals surface area contributed by atoms with Gasteiger partial charge in [-0.2, -0.15) is 0 Å². The molecule has 0 saturated carbocycles. The molecule has 5 aromatic heterocycles. The molecule has 0 unspecified atom stereocenters. The molecule has 0 aliphatic heterocycles. The van der Waals surface area contributed by atoms with Crippen LogP contribution in [0.2, 0.25) is 0 Å². The van der Waals surface area contributed by atoms with Gasteiger partial charge < -0.3 is 8.98 Å². The van der Waals surface area contributed by atoms with Crippen molar-refractivity contribution in [2.24, 2.45) is 0 Å². The Morgan fingerprint density at radius 1 is 0.421 bits per heavy atom. The predicted octanol–water partition coefficient (Wildman–Crippen LogP) is 13.3. The highest BCUT2D eigenvalue weighted by molar-refractivity contribution is 7.26. The molecule has 0 aliphatic rings. The minimum atomic E-state index is 0.665. The zero-order valence-corrected chi connectivity index (χ0v) is 31.1. The van der Waals surface area contributed by atoms with Crippen molar-refractivity contribution in [1.82, 2.24) is 24.5 Å². The van der Waals surface area contributed by atoms with Crippen LogP contribution in [0.3, 0.4) is 0 Å². The first-order valence-electron chi connectivity index (χ1n) is 18.9. The summed E-state index contributed by atoms with van der Waals surface area (Å²) in [6, 6.07) is 60.8. The quantitative estimate of drug-likeness (QED) is 0.175. The maximum Gasteiger partial charge on any atom is 0.180 e. The summed E-state index contributed by atoms with van der Waals surface area (Å²) in [7, 11) is 0. The van der Waals surface area contributed by atoms with Crippen LogP contribution in [-0.2, 0) is 0 Å². The first-order valence-corrected chi connectivity index (χ1v) is 19.7. The lowest BCUT2D eigenvalue weighted by Crippen LogP contribution is -1.94. The second-order valence-electron chi connectivity index (χ2n) is 14.2. The van der Waals surface area contributed by atoms with Crippen LogP contribution in [0.5, 0.6) is 0 Å². The molecular formula is C50H29N5OS. The highest BCUT2D eigenvalue weighted by Crippen LogP contribution is 2.43. The fourth-order valence-electron chi connectivity index (χ4n) is 8.17. The molecule has 7 heteroatoms. The largest absolute Gasteiger partial charge is 0.452 e. The van der Waals surface area contributed by atoms with Crippen LogP contribution < -0.4 is 0 Å². The van der Waals surface area contributed by atoms with Crippen LogP contribution in [0.4, 0.5) is 0 Å². The Morgan fingerprint density at radius 3 is 1.68 bits per heavy atom. The average molecular weight is 748 g/mol. The van der Waals surface area contributed by atoms with Gasteiger partial charge in [-0.05, 0) is 30.3 Å². The van der Waals surface area contributed by atoms with Crippen LogP contribution in [0.25, 0.3) is 115 Å². The maximum atomic E-state index is 6.80. The van der Waals surface area contributed by atoms with Gasteiger partial charge in [0.1, 0.15) is 16.8 Å². The van der Waals surface area contributed by atoms with Crippen LogP contribution in [0.15, 0.2) is 180 Å². The number of benzene rings is 7. The van der Waals surface area contributed by atoms with Crippen LogP contribution in [0, 0.1) is 0 Å². The Kier molecular flexibility index (Phi) is 7.00. The molecule has 0 atom stereocenters. The second kappa shape index (κ2) is 12.5. The number of aromatic nitrogens is 5. The molecule has 12 rings (SSSR count). The average Bonchev–Trinajstić information content (AvgIpc) is 3.95. The molecule has 0 N–H and O–H groups in total. The lowest BCUT2D eigenvalue weighted by molar-refractivity contribution is 0.667. The number of hydrogen-bond donors (Lipinski definition) is 0. The van der Waals surface area contributed by atoms with E-state index in [-0.39, 0.29) is 0 Å². The number of hydrogen-bond acceptors (Lipinski definition) is 6. The van der Waals surface area contributed by atoms with E-state index in [1.54, 1.807) is 11.3 Å². The van der Waals surface area contributed by atoms with Crippen molar-refractivity contribution >= 4 is 75.5 Å². The van der Waals surface area contributed by atoms with E-state index in [2.05, 4.69) is 120 Å². The Morgan fingerprint density at radius 2 is 1.00 bits per heavy atom. The number of nitrogens with zero attached hydrogens (tertiary/aromatic N) is 5. The third kappa shape index (κ3) is 5.03. The molecule has 7 aromatic carbocycles. The first-order chi connectivity index (χ1) is 28.2. The van der Waals surface area contributed by atoms with Crippen LogP contribution in [0.1, 0.15) is 0 Å². The van der Waals surface area contributed by atoms with Crippen molar-refractivity contribution in [3.8, 4) is 51.0 Å². The van der Waals surface area contributed by atoms with Gasteiger partial charge in [0.05, 0.1) is 26.9 Å². The van der Waals surface area contributed by atoms with Crippen molar-refractivity contribution in [2.45, 2.75) is 0 Å².